The van der Waals surface area contributed by atoms with Crippen molar-refractivity contribution in [2.24, 2.45) is 0 Å². The van der Waals surface area contributed by atoms with Crippen LogP contribution in [-0.2, 0) is 4.79 Å². The minimum Gasteiger partial charge on any atom is -0.497 e. The number of thiazole rings is 1. The van der Waals surface area contributed by atoms with Crippen molar-refractivity contribution < 1.29 is 14.3 Å². The van der Waals surface area contributed by atoms with Crippen LogP contribution < -0.4 is 14.8 Å². The third-order valence-electron chi connectivity index (χ3n) is 4.03. The number of nitrogens with one attached hydrogen (secondary N) is 1. The molecule has 1 N–H and O–H groups in total. The Morgan fingerprint density at radius 1 is 1.04 bits per heavy atom. The molecule has 0 aliphatic rings. The van der Waals surface area contributed by atoms with Gasteiger partial charge < -0.3 is 14.8 Å². The first-order valence-electron chi connectivity index (χ1n) is 8.66. The molecule has 0 bridgehead atoms. The number of carbonyl (C=O) groups is 1. The Morgan fingerprint density at radius 2 is 1.70 bits per heavy atom. The third kappa shape index (κ3) is 5.08. The summed E-state index contributed by atoms with van der Waals surface area (Å²) in [7, 11) is 1.64. The largest absolute Gasteiger partial charge is 0.497 e. The monoisotopic (exact) mass is 382 g/mol. The molecule has 27 heavy (non-hydrogen) atoms. The van der Waals surface area contributed by atoms with E-state index < -0.39 is 0 Å². The smallest absolute Gasteiger partial charge is 0.229 e. The van der Waals surface area contributed by atoms with Crippen LogP contribution >= 0.6 is 11.3 Å². The first kappa shape index (κ1) is 18.9. The highest BCUT2D eigenvalue weighted by Gasteiger charge is 2.12. The van der Waals surface area contributed by atoms with Crippen LogP contribution in [0.15, 0.2) is 48.5 Å². The number of hydrogen-bond donors (Lipinski definition) is 1. The predicted molar refractivity (Wildman–Crippen MR) is 109 cm³/mol. The molecule has 2 aromatic carbocycles. The van der Waals surface area contributed by atoms with Gasteiger partial charge in [0.05, 0.1) is 25.8 Å². The highest BCUT2D eigenvalue weighted by Crippen LogP contribution is 2.31. The lowest BCUT2D eigenvalue weighted by molar-refractivity contribution is -0.116. The molecule has 140 valence electrons. The second kappa shape index (κ2) is 8.68. The molecule has 0 saturated carbocycles. The SMILES string of the molecule is COc1ccc(-c2nc(NC(=O)CCOc3ccc(C)cc3)sc2C)cc1. The second-order valence-corrected chi connectivity index (χ2v) is 7.32. The highest BCUT2D eigenvalue weighted by atomic mass is 32.1. The van der Waals surface area contributed by atoms with Gasteiger partial charge in [-0.2, -0.15) is 0 Å². The quantitative estimate of drug-likeness (QED) is 0.635. The Balaban J connectivity index is 1.55. The fourth-order valence-corrected chi connectivity index (χ4v) is 3.40. The lowest BCUT2D eigenvalue weighted by atomic mass is 10.1. The van der Waals surface area contributed by atoms with Crippen molar-refractivity contribution in [1.82, 2.24) is 4.98 Å². The minimum atomic E-state index is -0.114. The van der Waals surface area contributed by atoms with E-state index in [0.29, 0.717) is 11.7 Å². The number of hydrogen-bond acceptors (Lipinski definition) is 5. The van der Waals surface area contributed by atoms with Crippen LogP contribution in [0.1, 0.15) is 16.9 Å². The number of rotatable bonds is 7. The molecule has 3 aromatic rings. The molecule has 0 radical (unpaired) electrons. The number of benzene rings is 2. The fraction of sp³-hybridized carbons (Fsp3) is 0.238. The van der Waals surface area contributed by atoms with Gasteiger partial charge in [0, 0.05) is 10.4 Å². The molecule has 6 heteroatoms. The molecule has 0 unspecified atom stereocenters. The van der Waals surface area contributed by atoms with Gasteiger partial charge in [0.1, 0.15) is 11.5 Å². The van der Waals surface area contributed by atoms with Gasteiger partial charge in [-0.15, -0.1) is 11.3 Å². The Labute approximate surface area is 163 Å². The van der Waals surface area contributed by atoms with Gasteiger partial charge in [0.2, 0.25) is 5.91 Å². The lowest BCUT2D eigenvalue weighted by Crippen LogP contribution is -2.15. The van der Waals surface area contributed by atoms with E-state index in [4.69, 9.17) is 9.47 Å². The first-order chi connectivity index (χ1) is 13.0. The maximum absolute atomic E-state index is 12.2. The number of ether oxygens (including phenoxy) is 2. The van der Waals surface area contributed by atoms with Gasteiger partial charge in [-0.1, -0.05) is 17.7 Å². The van der Waals surface area contributed by atoms with Crippen LogP contribution in [0, 0.1) is 13.8 Å². The zero-order chi connectivity index (χ0) is 19.2. The van der Waals surface area contributed by atoms with Gasteiger partial charge >= 0.3 is 0 Å². The van der Waals surface area contributed by atoms with Gasteiger partial charge in [-0.25, -0.2) is 4.98 Å². The van der Waals surface area contributed by atoms with E-state index in [1.165, 1.54) is 16.9 Å². The number of aromatic nitrogens is 1. The van der Waals surface area contributed by atoms with E-state index in [0.717, 1.165) is 27.6 Å². The van der Waals surface area contributed by atoms with Gasteiger partial charge in [0.15, 0.2) is 5.13 Å². The van der Waals surface area contributed by atoms with E-state index in [9.17, 15) is 4.79 Å². The van der Waals surface area contributed by atoms with Crippen LogP contribution in [0.25, 0.3) is 11.3 Å². The Hall–Kier alpha value is -2.86. The standard InChI is InChI=1S/C21H22N2O3S/c1-14-4-8-18(9-5-14)26-13-12-19(24)22-21-23-20(15(2)27-21)16-6-10-17(25-3)11-7-16/h4-11H,12-13H2,1-3H3,(H,22,23,24). The van der Waals surface area contributed by atoms with Gasteiger partial charge in [-0.3, -0.25) is 4.79 Å². The van der Waals surface area contributed by atoms with Crippen molar-refractivity contribution in [3.8, 4) is 22.8 Å². The molecule has 0 aliphatic carbocycles. The maximum atomic E-state index is 12.2. The zero-order valence-corrected chi connectivity index (χ0v) is 16.4. The molecule has 1 amide bonds. The van der Waals surface area contributed by atoms with E-state index in [1.807, 2.05) is 62.4 Å². The number of aryl methyl sites for hydroxylation is 2. The molecule has 0 spiro atoms. The third-order valence-corrected chi connectivity index (χ3v) is 4.91. The summed E-state index contributed by atoms with van der Waals surface area (Å²) in [5, 5.41) is 3.45. The van der Waals surface area contributed by atoms with Crippen molar-refractivity contribution in [2.45, 2.75) is 20.3 Å². The summed E-state index contributed by atoms with van der Waals surface area (Å²) < 4.78 is 10.8. The minimum absolute atomic E-state index is 0.114. The van der Waals surface area contributed by atoms with Crippen molar-refractivity contribution in [1.29, 1.82) is 0 Å². The summed E-state index contributed by atoms with van der Waals surface area (Å²) in [6, 6.07) is 15.5. The van der Waals surface area contributed by atoms with E-state index in [1.54, 1.807) is 7.11 Å². The maximum Gasteiger partial charge on any atom is 0.229 e. The summed E-state index contributed by atoms with van der Waals surface area (Å²) >= 11 is 1.46. The van der Waals surface area contributed by atoms with Gasteiger partial charge in [0.25, 0.3) is 0 Å². The predicted octanol–water partition coefficient (Wildman–Crippen LogP) is 4.84. The van der Waals surface area contributed by atoms with Crippen LogP contribution in [0.4, 0.5) is 5.13 Å². The van der Waals surface area contributed by atoms with Crippen molar-refractivity contribution in [3.63, 3.8) is 0 Å². The van der Waals surface area contributed by atoms with E-state index in [2.05, 4.69) is 10.3 Å². The summed E-state index contributed by atoms with van der Waals surface area (Å²) in [5.74, 6) is 1.45. The first-order valence-corrected chi connectivity index (χ1v) is 9.48. The van der Waals surface area contributed by atoms with Crippen LogP contribution in [0.2, 0.25) is 0 Å². The topological polar surface area (TPSA) is 60.5 Å². The second-order valence-electron chi connectivity index (χ2n) is 6.11. The molecule has 0 aliphatic heterocycles. The molecule has 0 saturated heterocycles. The summed E-state index contributed by atoms with van der Waals surface area (Å²) in [5.41, 5.74) is 3.04. The van der Waals surface area contributed by atoms with Crippen molar-refractivity contribution in [3.05, 3.63) is 59.0 Å². The molecule has 5 nitrogen and oxygen atoms in total. The van der Waals surface area contributed by atoms with Crippen LogP contribution in [-0.4, -0.2) is 24.6 Å². The molecule has 0 atom stereocenters. The van der Waals surface area contributed by atoms with Crippen LogP contribution in [0.3, 0.4) is 0 Å². The lowest BCUT2D eigenvalue weighted by Gasteiger charge is -2.06. The Morgan fingerprint density at radius 3 is 2.37 bits per heavy atom. The molecule has 0 fully saturated rings. The molecule has 3 rings (SSSR count). The zero-order valence-electron chi connectivity index (χ0n) is 15.6. The normalized spacial score (nSPS) is 10.5. The molecular formula is C21H22N2O3S. The average molecular weight is 382 g/mol. The number of carbonyl (C=O) groups excluding carboxylic acids is 1. The molecular weight excluding hydrogens is 360 g/mol. The number of nitrogens with zero attached hydrogens (tertiary/aromatic N) is 1. The van der Waals surface area contributed by atoms with Crippen molar-refractivity contribution in [2.75, 3.05) is 19.0 Å². The molecule has 1 aromatic heterocycles. The van der Waals surface area contributed by atoms with Crippen LogP contribution in [0.5, 0.6) is 11.5 Å². The summed E-state index contributed by atoms with van der Waals surface area (Å²) in [6.07, 6.45) is 0.268. The molecule has 1 heterocycles. The highest BCUT2D eigenvalue weighted by molar-refractivity contribution is 7.16. The average Bonchev–Trinajstić information content (AvgIpc) is 3.03. The Bertz CT molecular complexity index is 902. The van der Waals surface area contributed by atoms with E-state index >= 15 is 0 Å². The summed E-state index contributed by atoms with van der Waals surface area (Å²) in [6.45, 7) is 4.34. The number of anilines is 1. The number of methoxy groups -OCH3 is 1. The van der Waals surface area contributed by atoms with E-state index in [-0.39, 0.29) is 12.3 Å². The fourth-order valence-electron chi connectivity index (χ4n) is 2.54. The number of amides is 1. The Kier molecular flexibility index (Phi) is 6.08. The van der Waals surface area contributed by atoms with Crippen molar-refractivity contribution >= 4 is 22.4 Å². The summed E-state index contributed by atoms with van der Waals surface area (Å²) in [4.78, 5) is 17.8. The van der Waals surface area contributed by atoms with Gasteiger partial charge in [-0.05, 0) is 50.2 Å².